The zero-order chi connectivity index (χ0) is 16.6. The molecule has 3 aromatic rings. The summed E-state index contributed by atoms with van der Waals surface area (Å²) in [5.41, 5.74) is 0.523. The molecule has 118 valence electrons. The van der Waals surface area contributed by atoms with Gasteiger partial charge in [0.15, 0.2) is 0 Å². The second-order valence-electron chi connectivity index (χ2n) is 5.28. The van der Waals surface area contributed by atoms with Crippen molar-refractivity contribution in [3.05, 3.63) is 46.6 Å². The molecule has 0 unspecified atom stereocenters. The molecule has 0 saturated heterocycles. The Hall–Kier alpha value is -3.02. The highest BCUT2D eigenvalue weighted by Crippen LogP contribution is 2.25. The average molecular weight is 314 g/mol. The minimum atomic E-state index is -1.44. The van der Waals surface area contributed by atoms with Gasteiger partial charge in [-0.25, -0.2) is 4.79 Å². The molecule has 0 spiro atoms. The van der Waals surface area contributed by atoms with E-state index < -0.39 is 6.16 Å². The Bertz CT molecular complexity index is 954. The second-order valence-corrected chi connectivity index (χ2v) is 5.28. The first kappa shape index (κ1) is 14.9. The van der Waals surface area contributed by atoms with Crippen molar-refractivity contribution in [3.8, 4) is 11.5 Å². The Morgan fingerprint density at radius 2 is 1.61 bits per heavy atom. The van der Waals surface area contributed by atoms with Crippen LogP contribution in [0.25, 0.3) is 21.9 Å². The molecule has 2 aromatic carbocycles. The molecule has 0 bridgehead atoms. The molecule has 0 aliphatic rings. The van der Waals surface area contributed by atoms with E-state index in [1.807, 2.05) is 13.8 Å². The molecule has 0 atom stereocenters. The van der Waals surface area contributed by atoms with Crippen LogP contribution in [0.5, 0.6) is 11.5 Å². The minimum absolute atomic E-state index is 0.0180. The van der Waals surface area contributed by atoms with Gasteiger partial charge in [0.1, 0.15) is 22.7 Å². The minimum Gasteiger partial charge on any atom is -0.491 e. The molecule has 0 saturated carbocycles. The maximum Gasteiger partial charge on any atom is 0.511 e. The van der Waals surface area contributed by atoms with Crippen molar-refractivity contribution in [2.45, 2.75) is 20.0 Å². The van der Waals surface area contributed by atoms with Crippen molar-refractivity contribution < 1.29 is 23.8 Å². The summed E-state index contributed by atoms with van der Waals surface area (Å²) in [6.45, 7) is 3.78. The molecule has 0 fully saturated rings. The first-order chi connectivity index (χ1) is 10.9. The smallest absolute Gasteiger partial charge is 0.491 e. The van der Waals surface area contributed by atoms with E-state index in [2.05, 4.69) is 4.74 Å². The van der Waals surface area contributed by atoms with Gasteiger partial charge in [-0.15, -0.1) is 0 Å². The lowest BCUT2D eigenvalue weighted by Gasteiger charge is -2.10. The van der Waals surface area contributed by atoms with Gasteiger partial charge in [0.05, 0.1) is 16.9 Å². The van der Waals surface area contributed by atoms with Crippen LogP contribution in [0.15, 0.2) is 45.6 Å². The van der Waals surface area contributed by atoms with Gasteiger partial charge in [-0.05, 0) is 50.2 Å². The van der Waals surface area contributed by atoms with Gasteiger partial charge in [0.2, 0.25) is 5.43 Å². The molecule has 1 aromatic heterocycles. The van der Waals surface area contributed by atoms with E-state index in [4.69, 9.17) is 14.3 Å². The van der Waals surface area contributed by atoms with E-state index in [0.29, 0.717) is 22.3 Å². The average Bonchev–Trinajstić information content (AvgIpc) is 2.48. The lowest BCUT2D eigenvalue weighted by atomic mass is 10.1. The molecule has 0 radical (unpaired) electrons. The van der Waals surface area contributed by atoms with Crippen LogP contribution in [0.3, 0.4) is 0 Å². The lowest BCUT2D eigenvalue weighted by Crippen LogP contribution is -2.07. The van der Waals surface area contributed by atoms with Gasteiger partial charge in [-0.1, -0.05) is 0 Å². The third kappa shape index (κ3) is 2.96. The number of hydrogen-bond donors (Lipinski definition) is 1. The van der Waals surface area contributed by atoms with E-state index in [-0.39, 0.29) is 22.7 Å². The number of fused-ring (bicyclic) bond motifs is 2. The second kappa shape index (κ2) is 5.64. The van der Waals surface area contributed by atoms with Gasteiger partial charge in [0, 0.05) is 0 Å². The molecule has 6 nitrogen and oxygen atoms in total. The highest BCUT2D eigenvalue weighted by atomic mass is 16.7. The van der Waals surface area contributed by atoms with Crippen LogP contribution in [0, 0.1) is 0 Å². The van der Waals surface area contributed by atoms with Crippen LogP contribution in [-0.2, 0) is 0 Å². The monoisotopic (exact) mass is 314 g/mol. The van der Waals surface area contributed by atoms with Gasteiger partial charge < -0.3 is 19.0 Å². The van der Waals surface area contributed by atoms with Crippen LogP contribution in [-0.4, -0.2) is 17.4 Å². The highest BCUT2D eigenvalue weighted by Gasteiger charge is 2.11. The Morgan fingerprint density at radius 3 is 2.17 bits per heavy atom. The standard InChI is InChI=1S/C17H14O6/c1-9(2)21-10-3-5-14-12(7-10)16(18)13-8-11(22-17(19)20)4-6-15(13)23-14/h3-9H,1-2H3,(H,19,20). The summed E-state index contributed by atoms with van der Waals surface area (Å²) < 4.78 is 15.8. The zero-order valence-corrected chi connectivity index (χ0v) is 12.5. The van der Waals surface area contributed by atoms with Gasteiger partial charge in [0.25, 0.3) is 0 Å². The van der Waals surface area contributed by atoms with Crippen molar-refractivity contribution in [1.29, 1.82) is 0 Å². The first-order valence-corrected chi connectivity index (χ1v) is 7.02. The topological polar surface area (TPSA) is 86.0 Å². The summed E-state index contributed by atoms with van der Waals surface area (Å²) in [6.07, 6.45) is -1.46. The number of hydrogen-bond acceptors (Lipinski definition) is 5. The van der Waals surface area contributed by atoms with Crippen LogP contribution in [0.2, 0.25) is 0 Å². The molecule has 6 heteroatoms. The molecular weight excluding hydrogens is 300 g/mol. The quantitative estimate of drug-likeness (QED) is 0.449. The highest BCUT2D eigenvalue weighted by molar-refractivity contribution is 5.91. The molecule has 0 aliphatic heterocycles. The summed E-state index contributed by atoms with van der Waals surface area (Å²) >= 11 is 0. The Morgan fingerprint density at radius 1 is 1.04 bits per heavy atom. The molecule has 3 rings (SSSR count). The molecule has 0 amide bonds. The number of carboxylic acid groups (broad SMARTS) is 1. The summed E-state index contributed by atoms with van der Waals surface area (Å²) in [7, 11) is 0. The fourth-order valence-corrected chi connectivity index (χ4v) is 2.32. The Labute approximate surface area is 130 Å². The Kier molecular flexibility index (Phi) is 3.65. The zero-order valence-electron chi connectivity index (χ0n) is 12.5. The number of rotatable bonds is 3. The third-order valence-electron chi connectivity index (χ3n) is 3.19. The maximum atomic E-state index is 12.6. The SMILES string of the molecule is CC(C)Oc1ccc2oc3ccc(OC(=O)O)cc3c(=O)c2c1. The van der Waals surface area contributed by atoms with Crippen molar-refractivity contribution in [1.82, 2.24) is 0 Å². The number of carbonyl (C=O) groups is 1. The molecule has 1 heterocycles. The normalized spacial score (nSPS) is 11.1. The molecule has 1 N–H and O–H groups in total. The molecular formula is C17H14O6. The van der Waals surface area contributed by atoms with E-state index in [1.165, 1.54) is 18.2 Å². The van der Waals surface area contributed by atoms with Crippen LogP contribution >= 0.6 is 0 Å². The van der Waals surface area contributed by atoms with E-state index >= 15 is 0 Å². The van der Waals surface area contributed by atoms with Crippen LogP contribution < -0.4 is 14.9 Å². The molecule has 0 aliphatic carbocycles. The molecule has 23 heavy (non-hydrogen) atoms. The van der Waals surface area contributed by atoms with Crippen LogP contribution in [0.1, 0.15) is 13.8 Å². The van der Waals surface area contributed by atoms with Crippen LogP contribution in [0.4, 0.5) is 4.79 Å². The van der Waals surface area contributed by atoms with Gasteiger partial charge >= 0.3 is 6.16 Å². The summed E-state index contributed by atoms with van der Waals surface area (Å²) in [5.74, 6) is 0.628. The van der Waals surface area contributed by atoms with E-state index in [1.54, 1.807) is 18.2 Å². The Balaban J connectivity index is 2.20. The van der Waals surface area contributed by atoms with Gasteiger partial charge in [-0.2, -0.15) is 0 Å². The van der Waals surface area contributed by atoms with Crippen molar-refractivity contribution in [2.24, 2.45) is 0 Å². The fraction of sp³-hybridized carbons (Fsp3) is 0.176. The third-order valence-corrected chi connectivity index (χ3v) is 3.19. The fourth-order valence-electron chi connectivity index (χ4n) is 2.32. The maximum absolute atomic E-state index is 12.6. The predicted octanol–water partition coefficient (Wildman–Crippen LogP) is 3.79. The first-order valence-electron chi connectivity index (χ1n) is 7.02. The predicted molar refractivity (Wildman–Crippen MR) is 84.4 cm³/mol. The van der Waals surface area contributed by atoms with Crippen molar-refractivity contribution in [3.63, 3.8) is 0 Å². The van der Waals surface area contributed by atoms with E-state index in [9.17, 15) is 9.59 Å². The number of ether oxygens (including phenoxy) is 2. The summed E-state index contributed by atoms with van der Waals surface area (Å²) in [6, 6.07) is 9.32. The summed E-state index contributed by atoms with van der Waals surface area (Å²) in [4.78, 5) is 23.3. The summed E-state index contributed by atoms with van der Waals surface area (Å²) in [5, 5.41) is 9.27. The van der Waals surface area contributed by atoms with Crippen molar-refractivity contribution in [2.75, 3.05) is 0 Å². The van der Waals surface area contributed by atoms with Crippen molar-refractivity contribution >= 4 is 28.1 Å². The van der Waals surface area contributed by atoms with E-state index in [0.717, 1.165) is 0 Å². The van der Waals surface area contributed by atoms with Gasteiger partial charge in [-0.3, -0.25) is 4.79 Å². The number of benzene rings is 2. The largest absolute Gasteiger partial charge is 0.511 e. The lowest BCUT2D eigenvalue weighted by molar-refractivity contribution is 0.144.